The fraction of sp³-hybridized carbons (Fsp3) is 0.171. The fourth-order valence-corrected chi connectivity index (χ4v) is 7.74. The van der Waals surface area contributed by atoms with Crippen molar-refractivity contribution in [1.29, 1.82) is 0 Å². The third-order valence-electron chi connectivity index (χ3n) is 9.44. The van der Waals surface area contributed by atoms with Crippen LogP contribution in [0.25, 0.3) is 43.8 Å². The van der Waals surface area contributed by atoms with Crippen molar-refractivity contribution in [2.45, 2.75) is 44.9 Å². The van der Waals surface area contributed by atoms with Crippen molar-refractivity contribution in [2.24, 2.45) is 0 Å². The summed E-state index contributed by atoms with van der Waals surface area (Å²) >= 11 is 0. The maximum absolute atomic E-state index is 6.91. The molecule has 8 rings (SSSR count). The van der Waals surface area contributed by atoms with Crippen molar-refractivity contribution in [1.82, 2.24) is 0 Å². The van der Waals surface area contributed by atoms with Crippen LogP contribution < -0.4 is 4.90 Å². The zero-order chi connectivity index (χ0) is 29.3. The molecule has 0 fully saturated rings. The van der Waals surface area contributed by atoms with Gasteiger partial charge < -0.3 is 9.32 Å². The summed E-state index contributed by atoms with van der Waals surface area (Å²) in [7, 11) is 0. The highest BCUT2D eigenvalue weighted by molar-refractivity contribution is 6.12. The zero-order valence-corrected chi connectivity index (χ0v) is 25.2. The Balaban J connectivity index is 1.45. The summed E-state index contributed by atoms with van der Waals surface area (Å²) in [5.74, 6) is 0. The molecule has 0 radical (unpaired) electrons. The van der Waals surface area contributed by atoms with Gasteiger partial charge >= 0.3 is 0 Å². The first-order valence-corrected chi connectivity index (χ1v) is 15.2. The number of rotatable bonds is 4. The predicted molar refractivity (Wildman–Crippen MR) is 182 cm³/mol. The minimum absolute atomic E-state index is 0.110. The van der Waals surface area contributed by atoms with Crippen LogP contribution in [0.1, 0.15) is 45.2 Å². The van der Waals surface area contributed by atoms with E-state index in [0.29, 0.717) is 0 Å². The van der Waals surface area contributed by atoms with E-state index < -0.39 is 0 Å². The van der Waals surface area contributed by atoms with Crippen LogP contribution in [0.5, 0.6) is 0 Å². The van der Waals surface area contributed by atoms with Crippen molar-refractivity contribution in [2.75, 3.05) is 4.90 Å². The first kappa shape index (κ1) is 25.9. The van der Waals surface area contributed by atoms with Gasteiger partial charge in [0, 0.05) is 21.7 Å². The Morgan fingerprint density at radius 2 is 1.14 bits per heavy atom. The summed E-state index contributed by atoms with van der Waals surface area (Å²) in [5.41, 5.74) is 10.6. The second-order valence-corrected chi connectivity index (χ2v) is 13.3. The molecule has 6 aromatic carbocycles. The van der Waals surface area contributed by atoms with Crippen molar-refractivity contribution >= 4 is 49.8 Å². The molecule has 1 aromatic heterocycles. The van der Waals surface area contributed by atoms with Crippen LogP contribution in [-0.4, -0.2) is 0 Å². The van der Waals surface area contributed by atoms with Gasteiger partial charge in [-0.2, -0.15) is 0 Å². The Hall–Kier alpha value is -4.82. The average Bonchev–Trinajstić information content (AvgIpc) is 3.48. The van der Waals surface area contributed by atoms with Crippen LogP contribution in [0, 0.1) is 0 Å². The van der Waals surface area contributed by atoms with Crippen molar-refractivity contribution in [3.63, 3.8) is 0 Å². The van der Waals surface area contributed by atoms with Gasteiger partial charge in [-0.15, -0.1) is 0 Å². The minimum atomic E-state index is 0.110. The van der Waals surface area contributed by atoms with Gasteiger partial charge in [-0.25, -0.2) is 0 Å². The van der Waals surface area contributed by atoms with Crippen molar-refractivity contribution in [3.8, 4) is 11.1 Å². The summed E-state index contributed by atoms with van der Waals surface area (Å²) in [5, 5.41) is 4.75. The van der Waals surface area contributed by atoms with E-state index >= 15 is 0 Å². The van der Waals surface area contributed by atoms with E-state index in [9.17, 15) is 0 Å². The lowest BCUT2D eigenvalue weighted by Gasteiger charge is -2.29. The smallest absolute Gasteiger partial charge is 0.159 e. The van der Waals surface area contributed by atoms with E-state index in [1.54, 1.807) is 0 Å². The summed E-state index contributed by atoms with van der Waals surface area (Å²) in [6.07, 6.45) is 1.14. The molecule has 210 valence electrons. The second kappa shape index (κ2) is 9.34. The molecule has 43 heavy (non-hydrogen) atoms. The lowest BCUT2D eigenvalue weighted by molar-refractivity contribution is 0.403. The van der Waals surface area contributed by atoms with E-state index in [0.717, 1.165) is 40.0 Å². The Morgan fingerprint density at radius 3 is 1.98 bits per heavy atom. The average molecular weight is 558 g/mol. The van der Waals surface area contributed by atoms with Crippen molar-refractivity contribution < 1.29 is 4.42 Å². The molecule has 0 bridgehead atoms. The first-order chi connectivity index (χ1) is 20.8. The number of furan rings is 1. The maximum atomic E-state index is 6.91. The van der Waals surface area contributed by atoms with Gasteiger partial charge in [0.2, 0.25) is 0 Å². The molecule has 7 aromatic rings. The Bertz CT molecular complexity index is 2160. The number of fused-ring (bicyclic) bond motifs is 5. The number of para-hydroxylation sites is 2. The minimum Gasteiger partial charge on any atom is -0.454 e. The molecular weight excluding hydrogens is 522 g/mol. The lowest BCUT2D eigenvalue weighted by Crippen LogP contribution is -2.17. The summed E-state index contributed by atoms with van der Waals surface area (Å²) in [4.78, 5) is 2.40. The van der Waals surface area contributed by atoms with Gasteiger partial charge in [0.1, 0.15) is 5.58 Å². The topological polar surface area (TPSA) is 16.4 Å². The summed E-state index contributed by atoms with van der Waals surface area (Å²) in [6.45, 7) is 9.48. The van der Waals surface area contributed by atoms with E-state index in [4.69, 9.17) is 4.42 Å². The van der Waals surface area contributed by atoms with Crippen LogP contribution in [0.4, 0.5) is 17.1 Å². The third kappa shape index (κ3) is 4.01. The van der Waals surface area contributed by atoms with Gasteiger partial charge in [-0.05, 0) is 69.7 Å². The molecule has 0 N–H and O–H groups in total. The van der Waals surface area contributed by atoms with Crippen LogP contribution in [0.3, 0.4) is 0 Å². The van der Waals surface area contributed by atoms with E-state index in [2.05, 4.69) is 160 Å². The molecule has 2 nitrogen and oxygen atoms in total. The largest absolute Gasteiger partial charge is 0.454 e. The molecule has 2 heteroatoms. The van der Waals surface area contributed by atoms with Gasteiger partial charge in [0.25, 0.3) is 0 Å². The maximum Gasteiger partial charge on any atom is 0.159 e. The second-order valence-electron chi connectivity index (χ2n) is 13.3. The molecule has 1 aliphatic rings. The van der Waals surface area contributed by atoms with E-state index in [1.807, 2.05) is 0 Å². The van der Waals surface area contributed by atoms with Gasteiger partial charge in [-0.3, -0.25) is 0 Å². The highest BCUT2D eigenvalue weighted by Crippen LogP contribution is 2.52. The number of hydrogen-bond donors (Lipinski definition) is 0. The number of hydrogen-bond acceptors (Lipinski definition) is 2. The third-order valence-corrected chi connectivity index (χ3v) is 9.44. The number of nitrogens with zero attached hydrogens (tertiary/aromatic N) is 1. The highest BCUT2D eigenvalue weighted by Gasteiger charge is 2.42. The number of benzene rings is 6. The van der Waals surface area contributed by atoms with Crippen molar-refractivity contribution in [3.05, 3.63) is 139 Å². The molecule has 1 aliphatic carbocycles. The predicted octanol–water partition coefficient (Wildman–Crippen LogP) is 11.8. The molecule has 0 amide bonds. The Labute approximate surface area is 253 Å². The Morgan fingerprint density at radius 1 is 0.535 bits per heavy atom. The quantitative estimate of drug-likeness (QED) is 0.214. The fourth-order valence-electron chi connectivity index (χ4n) is 7.74. The molecule has 0 unspecified atom stereocenters. The molecular formula is C41H35NO. The molecule has 0 saturated heterocycles. The molecule has 0 atom stereocenters. The molecule has 0 spiro atoms. The SMILES string of the molecule is CC1(C)CC(C)(C)c2cc3c(cc21)oc1c(N(c2ccccc2-c2ccccc2)c2cccc4ccccc24)cccc13. The lowest BCUT2D eigenvalue weighted by atomic mass is 9.82. The van der Waals surface area contributed by atoms with Gasteiger partial charge in [0.05, 0.1) is 17.1 Å². The number of anilines is 3. The summed E-state index contributed by atoms with van der Waals surface area (Å²) < 4.78 is 6.91. The van der Waals surface area contributed by atoms with E-state index in [1.165, 1.54) is 38.4 Å². The normalized spacial score (nSPS) is 15.3. The van der Waals surface area contributed by atoms with Crippen LogP contribution in [0.2, 0.25) is 0 Å². The van der Waals surface area contributed by atoms with Gasteiger partial charge in [0.15, 0.2) is 5.58 Å². The summed E-state index contributed by atoms with van der Waals surface area (Å²) in [6, 6.07) is 45.9. The van der Waals surface area contributed by atoms with Crippen LogP contribution in [0.15, 0.2) is 132 Å². The van der Waals surface area contributed by atoms with Crippen LogP contribution >= 0.6 is 0 Å². The van der Waals surface area contributed by atoms with Gasteiger partial charge in [-0.1, -0.05) is 125 Å². The molecule has 1 heterocycles. The molecule has 0 saturated carbocycles. The monoisotopic (exact) mass is 557 g/mol. The first-order valence-electron chi connectivity index (χ1n) is 15.2. The standard InChI is InChI=1S/C41H35NO/c1-40(2)26-41(3,4)34-25-38-32(24-33(34)40)31-20-13-23-37(39(31)43-38)42(36-22-12-17-28-16-8-9-18-30(28)36)35-21-11-10-19-29(35)27-14-6-5-7-15-27/h5-25H,26H2,1-4H3. The highest BCUT2D eigenvalue weighted by atomic mass is 16.3. The van der Waals surface area contributed by atoms with E-state index in [-0.39, 0.29) is 10.8 Å². The van der Waals surface area contributed by atoms with Crippen LogP contribution in [-0.2, 0) is 10.8 Å². The zero-order valence-electron chi connectivity index (χ0n) is 25.2. The molecule has 0 aliphatic heterocycles. The Kier molecular flexibility index (Phi) is 5.62.